The molecule has 1 fully saturated rings. The Morgan fingerprint density at radius 1 is 1.39 bits per heavy atom. The fourth-order valence-corrected chi connectivity index (χ4v) is 3.84. The summed E-state index contributed by atoms with van der Waals surface area (Å²) in [5.74, 6) is 0.0531. The number of carbonyl (C=O) groups is 1. The Kier molecular flexibility index (Phi) is 6.19. The minimum Gasteiger partial charge on any atom is -0.390 e. The molecule has 23 heavy (non-hydrogen) atoms. The van der Waals surface area contributed by atoms with Crippen molar-refractivity contribution in [3.8, 4) is 0 Å². The zero-order valence-electron chi connectivity index (χ0n) is 14.7. The van der Waals surface area contributed by atoms with Gasteiger partial charge in [0.1, 0.15) is 0 Å². The lowest BCUT2D eigenvalue weighted by molar-refractivity contribution is -0.136. The van der Waals surface area contributed by atoms with E-state index in [9.17, 15) is 9.90 Å². The number of amides is 1. The van der Waals surface area contributed by atoms with Crippen LogP contribution >= 0.6 is 11.3 Å². The molecule has 6 heteroatoms. The van der Waals surface area contributed by atoms with E-state index in [4.69, 9.17) is 0 Å². The molecule has 0 aliphatic carbocycles. The van der Waals surface area contributed by atoms with E-state index in [1.807, 2.05) is 31.4 Å². The van der Waals surface area contributed by atoms with E-state index in [0.29, 0.717) is 13.1 Å². The molecule has 0 radical (unpaired) electrons. The average molecular weight is 340 g/mol. The fraction of sp³-hybridized carbons (Fsp3) is 0.706. The topological polar surface area (TPSA) is 47.0 Å². The van der Waals surface area contributed by atoms with Gasteiger partial charge in [0, 0.05) is 51.2 Å². The number of thiophene rings is 1. The number of β-amino-alcohol motifs (C(OH)–C–C–N with tert-alkyl or cyclic N) is 1. The zero-order valence-corrected chi connectivity index (χ0v) is 15.5. The predicted octanol–water partition coefficient (Wildman–Crippen LogP) is 1.09. The molecule has 0 saturated carbocycles. The van der Waals surface area contributed by atoms with E-state index in [2.05, 4.69) is 16.8 Å². The number of carbonyl (C=O) groups excluding carboxylic acids is 1. The number of hydrogen-bond donors (Lipinski definition) is 1. The molecule has 1 amide bonds. The number of piperazine rings is 1. The van der Waals surface area contributed by atoms with Crippen LogP contribution in [0.25, 0.3) is 0 Å². The zero-order chi connectivity index (χ0) is 17.0. The van der Waals surface area contributed by atoms with Gasteiger partial charge >= 0.3 is 0 Å². The summed E-state index contributed by atoms with van der Waals surface area (Å²) >= 11 is 1.60. The van der Waals surface area contributed by atoms with Crippen LogP contribution in [0.5, 0.6) is 0 Å². The highest BCUT2D eigenvalue weighted by Crippen LogP contribution is 2.29. The maximum absolute atomic E-state index is 12.7. The van der Waals surface area contributed by atoms with Gasteiger partial charge in [-0.25, -0.2) is 0 Å². The summed E-state index contributed by atoms with van der Waals surface area (Å²) in [5, 5.41) is 12.3. The maximum Gasteiger partial charge on any atom is 0.233 e. The Balaban J connectivity index is 1.85. The van der Waals surface area contributed by atoms with Gasteiger partial charge in [0.15, 0.2) is 0 Å². The monoisotopic (exact) mass is 339 g/mol. The van der Waals surface area contributed by atoms with E-state index >= 15 is 0 Å². The van der Waals surface area contributed by atoms with Crippen molar-refractivity contribution >= 4 is 17.2 Å². The van der Waals surface area contributed by atoms with Crippen LogP contribution < -0.4 is 0 Å². The lowest BCUT2D eigenvalue weighted by Crippen LogP contribution is -2.50. The van der Waals surface area contributed by atoms with E-state index in [1.54, 1.807) is 23.3 Å². The highest BCUT2D eigenvalue weighted by atomic mass is 32.1. The third-order valence-corrected chi connectivity index (χ3v) is 5.76. The van der Waals surface area contributed by atoms with E-state index in [-0.39, 0.29) is 5.91 Å². The molecule has 5 nitrogen and oxygen atoms in total. The molecule has 1 atom stereocenters. The first-order valence-corrected chi connectivity index (χ1v) is 9.07. The van der Waals surface area contributed by atoms with Crippen molar-refractivity contribution < 1.29 is 9.90 Å². The van der Waals surface area contributed by atoms with Gasteiger partial charge in [-0.2, -0.15) is 0 Å². The summed E-state index contributed by atoms with van der Waals surface area (Å²) in [6, 6.07) is 3.97. The minimum absolute atomic E-state index is 0.0531. The Morgan fingerprint density at radius 3 is 2.61 bits per heavy atom. The summed E-state index contributed by atoms with van der Waals surface area (Å²) in [6.07, 6.45) is -0.508. The first kappa shape index (κ1) is 18.4. The predicted molar refractivity (Wildman–Crippen MR) is 94.9 cm³/mol. The molecule has 2 heterocycles. The number of hydrogen-bond acceptors (Lipinski definition) is 5. The van der Waals surface area contributed by atoms with Crippen LogP contribution in [0.15, 0.2) is 17.5 Å². The summed E-state index contributed by atoms with van der Waals surface area (Å²) in [7, 11) is 3.90. The van der Waals surface area contributed by atoms with Crippen LogP contribution in [-0.4, -0.2) is 85.2 Å². The van der Waals surface area contributed by atoms with E-state index < -0.39 is 11.5 Å². The van der Waals surface area contributed by atoms with Gasteiger partial charge in [-0.15, -0.1) is 11.3 Å². The van der Waals surface area contributed by atoms with Crippen LogP contribution in [0.3, 0.4) is 0 Å². The largest absolute Gasteiger partial charge is 0.390 e. The molecule has 1 aliphatic rings. The SMILES string of the molecule is CN1CCN(CC(O)CN(C)C(=O)C(C)(C)c2cccs2)CC1. The number of rotatable bonds is 6. The van der Waals surface area contributed by atoms with Gasteiger partial charge in [-0.05, 0) is 32.3 Å². The molecule has 1 saturated heterocycles. The van der Waals surface area contributed by atoms with Crippen molar-refractivity contribution in [1.82, 2.24) is 14.7 Å². The van der Waals surface area contributed by atoms with Crippen molar-refractivity contribution in [1.29, 1.82) is 0 Å². The molecule has 130 valence electrons. The number of aliphatic hydroxyl groups is 1. The molecule has 1 N–H and O–H groups in total. The summed E-state index contributed by atoms with van der Waals surface area (Å²) in [6.45, 7) is 8.93. The lowest BCUT2D eigenvalue weighted by Gasteiger charge is -2.35. The average Bonchev–Trinajstić information content (AvgIpc) is 3.03. The quantitative estimate of drug-likeness (QED) is 0.843. The maximum atomic E-state index is 12.7. The Morgan fingerprint density at radius 2 is 2.04 bits per heavy atom. The standard InChI is InChI=1S/C17H29N3O2S/c1-17(2,15-6-5-11-23-15)16(22)19(4)12-14(21)13-20-9-7-18(3)8-10-20/h5-6,11,14,21H,7-10,12-13H2,1-4H3. The van der Waals surface area contributed by atoms with E-state index in [1.165, 1.54) is 0 Å². The first-order chi connectivity index (χ1) is 10.8. The van der Waals surface area contributed by atoms with Gasteiger partial charge in [-0.3, -0.25) is 9.69 Å². The summed E-state index contributed by atoms with van der Waals surface area (Å²) < 4.78 is 0. The number of nitrogens with zero attached hydrogens (tertiary/aromatic N) is 3. The van der Waals surface area contributed by atoms with Crippen LogP contribution in [-0.2, 0) is 10.2 Å². The van der Waals surface area contributed by atoms with Gasteiger partial charge in [0.2, 0.25) is 5.91 Å². The Labute approximate surface area is 143 Å². The second-order valence-electron chi connectivity index (χ2n) is 7.05. The second-order valence-corrected chi connectivity index (χ2v) is 7.99. The van der Waals surface area contributed by atoms with E-state index in [0.717, 1.165) is 31.1 Å². The summed E-state index contributed by atoms with van der Waals surface area (Å²) in [4.78, 5) is 20.0. The van der Waals surface area contributed by atoms with Crippen molar-refractivity contribution in [3.63, 3.8) is 0 Å². The van der Waals surface area contributed by atoms with Gasteiger partial charge in [0.05, 0.1) is 11.5 Å². The third kappa shape index (κ3) is 4.76. The normalized spacial score (nSPS) is 18.8. The van der Waals surface area contributed by atoms with Crippen LogP contribution in [0, 0.1) is 0 Å². The van der Waals surface area contributed by atoms with Crippen molar-refractivity contribution in [2.45, 2.75) is 25.4 Å². The molecular weight excluding hydrogens is 310 g/mol. The molecule has 2 rings (SSSR count). The summed E-state index contributed by atoms with van der Waals surface area (Å²) in [5.41, 5.74) is -0.545. The van der Waals surface area contributed by atoms with Gasteiger partial charge in [-0.1, -0.05) is 6.07 Å². The molecule has 1 aromatic rings. The molecule has 0 spiro atoms. The smallest absolute Gasteiger partial charge is 0.233 e. The van der Waals surface area contributed by atoms with Gasteiger partial charge < -0.3 is 14.9 Å². The van der Waals surface area contributed by atoms with Crippen molar-refractivity contribution in [3.05, 3.63) is 22.4 Å². The highest BCUT2D eigenvalue weighted by Gasteiger charge is 2.34. The first-order valence-electron chi connectivity index (χ1n) is 8.19. The van der Waals surface area contributed by atoms with Crippen molar-refractivity contribution in [2.75, 3.05) is 53.4 Å². The van der Waals surface area contributed by atoms with Crippen molar-refractivity contribution in [2.24, 2.45) is 0 Å². The molecular formula is C17H29N3O2S. The van der Waals surface area contributed by atoms with Crippen LogP contribution in [0.4, 0.5) is 0 Å². The molecule has 0 aromatic carbocycles. The molecule has 1 unspecified atom stereocenters. The van der Waals surface area contributed by atoms with Gasteiger partial charge in [0.25, 0.3) is 0 Å². The minimum atomic E-state index is -0.545. The third-order valence-electron chi connectivity index (χ3n) is 4.57. The van der Waals surface area contributed by atoms with Crippen LogP contribution in [0.2, 0.25) is 0 Å². The fourth-order valence-electron chi connectivity index (χ4n) is 3.00. The number of likely N-dealkylation sites (N-methyl/N-ethyl adjacent to an activating group) is 2. The highest BCUT2D eigenvalue weighted by molar-refractivity contribution is 7.10. The number of aliphatic hydroxyl groups excluding tert-OH is 1. The van der Waals surface area contributed by atoms with Crippen LogP contribution in [0.1, 0.15) is 18.7 Å². The Hall–Kier alpha value is -0.950. The second kappa shape index (κ2) is 7.75. The molecule has 1 aliphatic heterocycles. The molecule has 0 bridgehead atoms. The Bertz CT molecular complexity index is 496. The molecule has 1 aromatic heterocycles. The lowest BCUT2D eigenvalue weighted by atomic mass is 9.89.